The van der Waals surface area contributed by atoms with Crippen molar-refractivity contribution in [2.45, 2.75) is 6.54 Å². The van der Waals surface area contributed by atoms with Crippen molar-refractivity contribution < 1.29 is 14.1 Å². The fourth-order valence-electron chi connectivity index (χ4n) is 1.85. The summed E-state index contributed by atoms with van der Waals surface area (Å²) in [5.41, 5.74) is 0.811. The lowest BCUT2D eigenvalue weighted by atomic mass is 10.3. The van der Waals surface area contributed by atoms with E-state index in [0.29, 0.717) is 26.2 Å². The summed E-state index contributed by atoms with van der Waals surface area (Å²) in [4.78, 5) is 14.6. The molecule has 21 heavy (non-hydrogen) atoms. The number of rotatable bonds is 8. The third-order valence-corrected chi connectivity index (χ3v) is 3.68. The minimum absolute atomic E-state index is 0.0310. The second kappa shape index (κ2) is 7.92. The summed E-state index contributed by atoms with van der Waals surface area (Å²) in [5, 5.41) is 8.81. The number of carbonyl (C=O) groups excluding carboxylic acids is 1. The lowest BCUT2D eigenvalue weighted by molar-refractivity contribution is -0.122. The van der Waals surface area contributed by atoms with Gasteiger partial charge in [0, 0.05) is 26.3 Å². The molecule has 1 N–H and O–H groups in total. The quantitative estimate of drug-likeness (QED) is 0.750. The topological polar surface area (TPSA) is 67.6 Å². The molecule has 0 bridgehead atoms. The molecule has 1 amide bonds. The van der Waals surface area contributed by atoms with Crippen molar-refractivity contribution in [2.24, 2.45) is 0 Å². The monoisotopic (exact) mass is 309 g/mol. The van der Waals surface area contributed by atoms with Gasteiger partial charge in [0.1, 0.15) is 0 Å². The average Bonchev–Trinajstić information content (AvgIpc) is 3.09. The summed E-state index contributed by atoms with van der Waals surface area (Å²) in [5.74, 6) is 0.731. The Labute approximate surface area is 127 Å². The van der Waals surface area contributed by atoms with Crippen LogP contribution in [-0.2, 0) is 16.1 Å². The fraction of sp³-hybridized carbons (Fsp3) is 0.429. The van der Waals surface area contributed by atoms with E-state index in [2.05, 4.69) is 10.5 Å². The molecule has 2 aromatic heterocycles. The normalized spacial score (nSPS) is 11.0. The largest absolute Gasteiger partial charge is 0.383 e. The molecule has 0 aromatic carbocycles. The van der Waals surface area contributed by atoms with E-state index in [1.54, 1.807) is 18.4 Å². The van der Waals surface area contributed by atoms with Gasteiger partial charge >= 0.3 is 0 Å². The highest BCUT2D eigenvalue weighted by Gasteiger charge is 2.11. The van der Waals surface area contributed by atoms with Gasteiger partial charge in [-0.1, -0.05) is 11.2 Å². The van der Waals surface area contributed by atoms with E-state index in [1.807, 2.05) is 35.5 Å². The number of carbonyl (C=O) groups is 1. The first-order chi connectivity index (χ1) is 10.2. The van der Waals surface area contributed by atoms with E-state index in [4.69, 9.17) is 9.26 Å². The molecular formula is C14H19N3O3S. The van der Waals surface area contributed by atoms with Crippen LogP contribution in [0.25, 0.3) is 10.6 Å². The third-order valence-electron chi connectivity index (χ3n) is 2.80. The van der Waals surface area contributed by atoms with Crippen LogP contribution >= 0.6 is 11.3 Å². The van der Waals surface area contributed by atoms with Crippen molar-refractivity contribution in [3.8, 4) is 10.6 Å². The summed E-state index contributed by atoms with van der Waals surface area (Å²) in [6.07, 6.45) is 0. The van der Waals surface area contributed by atoms with E-state index in [-0.39, 0.29) is 5.91 Å². The number of nitrogens with zero attached hydrogens (tertiary/aromatic N) is 2. The number of likely N-dealkylation sites (N-methyl/N-ethyl adjacent to an activating group) is 1. The molecule has 0 aliphatic carbocycles. The zero-order chi connectivity index (χ0) is 15.1. The Kier molecular flexibility index (Phi) is 5.91. The molecule has 7 heteroatoms. The van der Waals surface area contributed by atoms with E-state index in [0.717, 1.165) is 16.3 Å². The molecule has 0 aliphatic rings. The molecule has 0 unspecified atom stereocenters. The summed E-state index contributed by atoms with van der Waals surface area (Å²) < 4.78 is 10.2. The maximum atomic E-state index is 11.7. The number of nitrogens with one attached hydrogen (secondary N) is 1. The molecule has 2 aromatic rings. The van der Waals surface area contributed by atoms with Gasteiger partial charge in [0.2, 0.25) is 5.91 Å². The Balaban J connectivity index is 1.80. The highest BCUT2D eigenvalue weighted by molar-refractivity contribution is 7.13. The molecule has 0 fully saturated rings. The van der Waals surface area contributed by atoms with Crippen LogP contribution in [0.5, 0.6) is 0 Å². The molecule has 0 saturated carbocycles. The summed E-state index contributed by atoms with van der Waals surface area (Å²) in [6.45, 7) is 1.91. The molecular weight excluding hydrogens is 290 g/mol. The average molecular weight is 309 g/mol. The van der Waals surface area contributed by atoms with Crippen LogP contribution in [-0.4, -0.2) is 49.8 Å². The zero-order valence-electron chi connectivity index (χ0n) is 12.2. The van der Waals surface area contributed by atoms with Gasteiger partial charge in [0.05, 0.1) is 23.7 Å². The second-order valence-corrected chi connectivity index (χ2v) is 5.62. The lowest BCUT2D eigenvalue weighted by Gasteiger charge is -2.14. The Bertz CT molecular complexity index is 554. The number of thiophene rings is 1. The van der Waals surface area contributed by atoms with Crippen molar-refractivity contribution in [1.82, 2.24) is 15.4 Å². The van der Waals surface area contributed by atoms with Gasteiger partial charge in [-0.3, -0.25) is 9.69 Å². The van der Waals surface area contributed by atoms with Crippen LogP contribution in [0.15, 0.2) is 28.1 Å². The van der Waals surface area contributed by atoms with Gasteiger partial charge in [-0.15, -0.1) is 11.3 Å². The fourth-order valence-corrected chi connectivity index (χ4v) is 2.52. The molecule has 0 radical (unpaired) electrons. The first-order valence-corrected chi connectivity index (χ1v) is 7.50. The van der Waals surface area contributed by atoms with E-state index in [9.17, 15) is 4.79 Å². The van der Waals surface area contributed by atoms with Crippen LogP contribution in [0, 0.1) is 0 Å². The predicted molar refractivity (Wildman–Crippen MR) is 81.0 cm³/mol. The number of aromatic nitrogens is 1. The number of amides is 1. The maximum Gasteiger partial charge on any atom is 0.234 e. The van der Waals surface area contributed by atoms with Gasteiger partial charge < -0.3 is 14.6 Å². The first kappa shape index (κ1) is 15.7. The Morgan fingerprint density at radius 3 is 3.14 bits per heavy atom. The second-order valence-electron chi connectivity index (χ2n) is 4.67. The molecule has 0 atom stereocenters. The Morgan fingerprint density at radius 1 is 1.57 bits per heavy atom. The predicted octanol–water partition coefficient (Wildman–Crippen LogP) is 1.60. The Morgan fingerprint density at radius 2 is 2.43 bits per heavy atom. The standard InChI is InChI=1S/C14H19N3O3S/c1-17(10-14(18)15-5-6-19-2)9-11-8-12(20-16-11)13-4-3-7-21-13/h3-4,7-8H,5-6,9-10H2,1-2H3,(H,15,18). The van der Waals surface area contributed by atoms with Crippen LogP contribution in [0.1, 0.15) is 5.69 Å². The molecule has 0 saturated heterocycles. The summed E-state index contributed by atoms with van der Waals surface area (Å²) in [6, 6.07) is 5.87. The van der Waals surface area contributed by atoms with Crippen LogP contribution in [0.3, 0.4) is 0 Å². The van der Waals surface area contributed by atoms with Gasteiger partial charge in [-0.2, -0.15) is 0 Å². The van der Waals surface area contributed by atoms with Gasteiger partial charge in [0.15, 0.2) is 5.76 Å². The van der Waals surface area contributed by atoms with Crippen molar-refractivity contribution in [3.05, 3.63) is 29.3 Å². The minimum Gasteiger partial charge on any atom is -0.383 e. The van der Waals surface area contributed by atoms with Gasteiger partial charge in [-0.25, -0.2) is 0 Å². The molecule has 2 rings (SSSR count). The minimum atomic E-state index is -0.0310. The SMILES string of the molecule is COCCNC(=O)CN(C)Cc1cc(-c2cccs2)on1. The van der Waals surface area contributed by atoms with Crippen molar-refractivity contribution in [1.29, 1.82) is 0 Å². The van der Waals surface area contributed by atoms with E-state index in [1.165, 1.54) is 0 Å². The lowest BCUT2D eigenvalue weighted by Crippen LogP contribution is -2.36. The van der Waals surface area contributed by atoms with E-state index < -0.39 is 0 Å². The molecule has 2 heterocycles. The van der Waals surface area contributed by atoms with Gasteiger partial charge in [0.25, 0.3) is 0 Å². The molecule has 0 spiro atoms. The van der Waals surface area contributed by atoms with Crippen LogP contribution < -0.4 is 5.32 Å². The molecule has 0 aliphatic heterocycles. The van der Waals surface area contributed by atoms with Crippen LogP contribution in [0.4, 0.5) is 0 Å². The van der Waals surface area contributed by atoms with Crippen LogP contribution in [0.2, 0.25) is 0 Å². The number of ether oxygens (including phenoxy) is 1. The highest BCUT2D eigenvalue weighted by atomic mass is 32.1. The first-order valence-electron chi connectivity index (χ1n) is 6.62. The number of methoxy groups -OCH3 is 1. The van der Waals surface area contributed by atoms with Crippen molar-refractivity contribution in [2.75, 3.05) is 33.9 Å². The third kappa shape index (κ3) is 4.96. The smallest absolute Gasteiger partial charge is 0.234 e. The summed E-state index contributed by atoms with van der Waals surface area (Å²) >= 11 is 1.61. The molecule has 114 valence electrons. The van der Waals surface area contributed by atoms with E-state index >= 15 is 0 Å². The number of hydrogen-bond acceptors (Lipinski definition) is 6. The van der Waals surface area contributed by atoms with Gasteiger partial charge in [-0.05, 0) is 18.5 Å². The summed E-state index contributed by atoms with van der Waals surface area (Å²) in [7, 11) is 3.48. The van der Waals surface area contributed by atoms with Crippen molar-refractivity contribution >= 4 is 17.2 Å². The molecule has 6 nitrogen and oxygen atoms in total. The highest BCUT2D eigenvalue weighted by Crippen LogP contribution is 2.25. The number of hydrogen-bond donors (Lipinski definition) is 1. The Hall–Kier alpha value is -1.70. The zero-order valence-corrected chi connectivity index (χ0v) is 13.0. The maximum absolute atomic E-state index is 11.7. The van der Waals surface area contributed by atoms with Crippen molar-refractivity contribution in [3.63, 3.8) is 0 Å².